The number of esters is 1. The van der Waals surface area contributed by atoms with Crippen LogP contribution in [0.5, 0.6) is 0 Å². The zero-order chi connectivity index (χ0) is 48.0. The summed E-state index contributed by atoms with van der Waals surface area (Å²) < 4.78 is 33.7. The zero-order valence-electron chi connectivity index (χ0n) is 43.4. The van der Waals surface area contributed by atoms with Gasteiger partial charge in [-0.25, -0.2) is 4.57 Å². The Labute approximate surface area is 409 Å². The Hall–Kier alpha value is -1.54. The minimum atomic E-state index is -4.29. The van der Waals surface area contributed by atoms with Crippen molar-refractivity contribution >= 4 is 13.8 Å². The van der Waals surface area contributed by atoms with Crippen molar-refractivity contribution in [3.63, 3.8) is 0 Å². The minimum Gasteiger partial charge on any atom is -0.457 e. The number of hydrogen-bond donors (Lipinski definition) is 2. The molecule has 2 unspecified atom stereocenters. The molecule has 0 radical (unpaired) electrons. The number of unbranched alkanes of at least 4 members (excludes halogenated alkanes) is 33. The Morgan fingerprint density at radius 3 is 1.27 bits per heavy atom. The third-order valence-electron chi connectivity index (χ3n) is 12.3. The van der Waals surface area contributed by atoms with Crippen LogP contribution in [0.1, 0.15) is 271 Å². The van der Waals surface area contributed by atoms with Gasteiger partial charge >= 0.3 is 13.8 Å². The molecule has 0 aromatic heterocycles. The van der Waals surface area contributed by atoms with Crippen LogP contribution in [0.15, 0.2) is 48.6 Å². The monoisotopic (exact) mass is 950 g/mol. The van der Waals surface area contributed by atoms with Gasteiger partial charge in [-0.3, -0.25) is 13.8 Å². The maximum Gasteiger partial charge on any atom is 0.472 e. The molecule has 3 N–H and O–H groups in total. The van der Waals surface area contributed by atoms with Crippen LogP contribution in [-0.2, 0) is 27.9 Å². The number of phosphoric acid groups is 1. The molecule has 0 saturated carbocycles. The first-order chi connectivity index (χ1) is 32.4. The predicted octanol–water partition coefficient (Wildman–Crippen LogP) is 17.9. The molecule has 388 valence electrons. The first-order valence-corrected chi connectivity index (χ1v) is 29.6. The van der Waals surface area contributed by atoms with Crippen molar-refractivity contribution in [1.82, 2.24) is 0 Å². The maximum absolute atomic E-state index is 12.7. The number of carbonyl (C=O) groups excluding carboxylic acids is 1. The highest BCUT2D eigenvalue weighted by atomic mass is 31.2. The number of hydrogen-bond acceptors (Lipinski definition) is 7. The van der Waals surface area contributed by atoms with E-state index in [1.807, 2.05) is 0 Å². The SMILES string of the molecule is CC/C=C\C/C=C\C/C=C\C/C=C\CCCCCCCCCCCCCOCC(COP(=O)(O)OCCN)OC(=O)CCCCCCCCCCCCCCCCCCCCCCCCC. The Kier molecular flexibility index (Phi) is 53.1. The Morgan fingerprint density at radius 2 is 0.848 bits per heavy atom. The van der Waals surface area contributed by atoms with Crippen LogP contribution < -0.4 is 5.73 Å². The highest BCUT2D eigenvalue weighted by Crippen LogP contribution is 2.43. The van der Waals surface area contributed by atoms with E-state index in [0.29, 0.717) is 13.0 Å². The van der Waals surface area contributed by atoms with Gasteiger partial charge in [0.25, 0.3) is 0 Å². The summed E-state index contributed by atoms with van der Waals surface area (Å²) in [5.41, 5.74) is 5.40. The highest BCUT2D eigenvalue weighted by molar-refractivity contribution is 7.47. The number of allylic oxidation sites excluding steroid dienone is 8. The Balaban J connectivity index is 3.87. The minimum absolute atomic E-state index is 0.0952. The van der Waals surface area contributed by atoms with E-state index in [4.69, 9.17) is 24.3 Å². The lowest BCUT2D eigenvalue weighted by Gasteiger charge is -2.20. The molecule has 0 aliphatic carbocycles. The van der Waals surface area contributed by atoms with Crippen molar-refractivity contribution in [2.24, 2.45) is 5.73 Å². The van der Waals surface area contributed by atoms with Crippen LogP contribution in [0.3, 0.4) is 0 Å². The number of nitrogens with two attached hydrogens (primary N) is 1. The molecule has 0 amide bonds. The summed E-state index contributed by atoms with van der Waals surface area (Å²) in [5.74, 6) is -0.326. The second-order valence-corrected chi connectivity index (χ2v) is 20.2. The van der Waals surface area contributed by atoms with E-state index in [1.54, 1.807) is 0 Å². The lowest BCUT2D eigenvalue weighted by Crippen LogP contribution is -2.28. The van der Waals surface area contributed by atoms with E-state index in [2.05, 4.69) is 62.5 Å². The fourth-order valence-corrected chi connectivity index (χ4v) is 8.93. The number of rotatable bonds is 54. The van der Waals surface area contributed by atoms with Crippen LogP contribution >= 0.6 is 7.82 Å². The van der Waals surface area contributed by atoms with Gasteiger partial charge in [-0.2, -0.15) is 0 Å². The maximum atomic E-state index is 12.7. The first-order valence-electron chi connectivity index (χ1n) is 28.1. The van der Waals surface area contributed by atoms with Gasteiger partial charge in [0, 0.05) is 19.6 Å². The molecule has 0 aromatic carbocycles. The van der Waals surface area contributed by atoms with Crippen molar-refractivity contribution in [3.05, 3.63) is 48.6 Å². The molecule has 0 aliphatic heterocycles. The van der Waals surface area contributed by atoms with Crippen molar-refractivity contribution < 1.29 is 32.8 Å². The lowest BCUT2D eigenvalue weighted by molar-refractivity contribution is -0.154. The normalized spacial score (nSPS) is 13.6. The summed E-state index contributed by atoms with van der Waals surface area (Å²) in [7, 11) is -4.29. The van der Waals surface area contributed by atoms with E-state index in [9.17, 15) is 14.3 Å². The molecule has 0 aromatic rings. The van der Waals surface area contributed by atoms with Crippen LogP contribution in [0, 0.1) is 0 Å². The second-order valence-electron chi connectivity index (χ2n) is 18.8. The quantitative estimate of drug-likeness (QED) is 0.0268. The molecule has 0 saturated heterocycles. The van der Waals surface area contributed by atoms with Gasteiger partial charge in [0.05, 0.1) is 19.8 Å². The molecule has 0 spiro atoms. The smallest absolute Gasteiger partial charge is 0.457 e. The van der Waals surface area contributed by atoms with Crippen molar-refractivity contribution in [2.45, 2.75) is 277 Å². The summed E-state index contributed by atoms with van der Waals surface area (Å²) >= 11 is 0. The lowest BCUT2D eigenvalue weighted by atomic mass is 10.0. The van der Waals surface area contributed by atoms with E-state index in [1.165, 1.54) is 193 Å². The largest absolute Gasteiger partial charge is 0.472 e. The molecular formula is C57H108NO7P. The third-order valence-corrected chi connectivity index (χ3v) is 13.2. The summed E-state index contributed by atoms with van der Waals surface area (Å²) in [5, 5.41) is 0. The predicted molar refractivity (Wildman–Crippen MR) is 284 cm³/mol. The molecule has 0 aliphatic rings. The zero-order valence-corrected chi connectivity index (χ0v) is 44.3. The summed E-state index contributed by atoms with van der Waals surface area (Å²) in [6, 6.07) is 0. The van der Waals surface area contributed by atoms with E-state index < -0.39 is 13.9 Å². The van der Waals surface area contributed by atoms with E-state index >= 15 is 0 Å². The van der Waals surface area contributed by atoms with Gasteiger partial charge in [-0.1, -0.05) is 262 Å². The average molecular weight is 950 g/mol. The Morgan fingerprint density at radius 1 is 0.470 bits per heavy atom. The van der Waals surface area contributed by atoms with Crippen molar-refractivity contribution in [2.75, 3.05) is 33.0 Å². The molecule has 9 heteroatoms. The number of phosphoric ester groups is 1. The number of ether oxygens (including phenoxy) is 2. The Bertz CT molecular complexity index is 1160. The van der Waals surface area contributed by atoms with Gasteiger partial charge in [0.2, 0.25) is 0 Å². The van der Waals surface area contributed by atoms with Gasteiger partial charge in [-0.05, 0) is 51.4 Å². The third kappa shape index (κ3) is 53.4. The molecule has 8 nitrogen and oxygen atoms in total. The molecule has 2 atom stereocenters. The fraction of sp³-hybridized carbons (Fsp3) is 0.842. The van der Waals surface area contributed by atoms with E-state index in [-0.39, 0.29) is 32.3 Å². The molecule has 66 heavy (non-hydrogen) atoms. The van der Waals surface area contributed by atoms with Crippen LogP contribution in [-0.4, -0.2) is 49.9 Å². The highest BCUT2D eigenvalue weighted by Gasteiger charge is 2.25. The molecule has 0 bridgehead atoms. The molecule has 0 heterocycles. The van der Waals surface area contributed by atoms with Crippen LogP contribution in [0.4, 0.5) is 0 Å². The topological polar surface area (TPSA) is 117 Å². The van der Waals surface area contributed by atoms with Crippen molar-refractivity contribution in [3.8, 4) is 0 Å². The molecular weight excluding hydrogens is 842 g/mol. The summed E-state index contributed by atoms with van der Waals surface area (Å²) in [6.45, 7) is 4.86. The summed E-state index contributed by atoms with van der Waals surface area (Å²) in [6.07, 6.45) is 67.3. The average Bonchev–Trinajstić information content (AvgIpc) is 3.31. The van der Waals surface area contributed by atoms with Crippen LogP contribution in [0.25, 0.3) is 0 Å². The fourth-order valence-electron chi connectivity index (χ4n) is 8.17. The molecule has 0 fully saturated rings. The molecule has 0 rings (SSSR count). The second kappa shape index (κ2) is 54.4. The standard InChI is InChI=1S/C57H108NO7P/c1-3-5-7-9-11-13-15-17-19-21-23-25-27-29-31-33-35-37-39-41-43-45-47-49-52-62-54-56(55-64-66(60,61)63-53-51-58)65-57(59)50-48-46-44-42-40-38-36-34-32-30-28-26-24-22-20-18-16-14-12-10-8-6-4-2/h5,7,11,13,17,19,23,25,56H,3-4,6,8-10,12,14-16,18,20-22,24,26-55,58H2,1-2H3,(H,60,61)/b7-5-,13-11-,19-17-,25-23-. The van der Waals surface area contributed by atoms with Gasteiger partial charge in [0.15, 0.2) is 0 Å². The first kappa shape index (κ1) is 64.5. The van der Waals surface area contributed by atoms with E-state index in [0.717, 1.165) is 57.8 Å². The van der Waals surface area contributed by atoms with Gasteiger partial charge < -0.3 is 20.1 Å². The van der Waals surface area contributed by atoms with Gasteiger partial charge in [0.1, 0.15) is 6.10 Å². The van der Waals surface area contributed by atoms with Gasteiger partial charge in [-0.15, -0.1) is 0 Å². The number of carbonyl (C=O) groups is 1. The van der Waals surface area contributed by atoms with Crippen molar-refractivity contribution in [1.29, 1.82) is 0 Å². The summed E-state index contributed by atoms with van der Waals surface area (Å²) in [4.78, 5) is 22.7. The van der Waals surface area contributed by atoms with Crippen LogP contribution in [0.2, 0.25) is 0 Å².